The highest BCUT2D eigenvalue weighted by Crippen LogP contribution is 2.53. The van der Waals surface area contributed by atoms with Crippen LogP contribution in [0.3, 0.4) is 0 Å². The number of cyclic esters (lactones) is 1. The lowest BCUT2D eigenvalue weighted by Gasteiger charge is -2.27. The van der Waals surface area contributed by atoms with Crippen LogP contribution in [0, 0.1) is 29.1 Å². The number of hydrogen-bond donors (Lipinski definition) is 1. The van der Waals surface area contributed by atoms with Crippen molar-refractivity contribution in [3.63, 3.8) is 0 Å². The van der Waals surface area contributed by atoms with Gasteiger partial charge in [-0.05, 0) is 36.0 Å². The molecular formula is C15H22O3. The van der Waals surface area contributed by atoms with Crippen LogP contribution in [0.1, 0.15) is 33.6 Å². The molecule has 5 atom stereocenters. The monoisotopic (exact) mass is 250 g/mol. The first-order valence-electron chi connectivity index (χ1n) is 6.96. The number of aliphatic hydroxyl groups is 1. The van der Waals surface area contributed by atoms with Gasteiger partial charge in [0.15, 0.2) is 0 Å². The lowest BCUT2D eigenvalue weighted by atomic mass is 9.81. The maximum absolute atomic E-state index is 11.7. The molecule has 0 spiro atoms. The van der Waals surface area contributed by atoms with Gasteiger partial charge < -0.3 is 9.84 Å². The third kappa shape index (κ3) is 1.71. The smallest absolute Gasteiger partial charge is 0.334 e. The molecular weight excluding hydrogens is 228 g/mol. The zero-order chi connectivity index (χ0) is 13.1. The van der Waals surface area contributed by atoms with E-state index in [0.717, 1.165) is 18.4 Å². The number of allylic oxidation sites excluding steroid dienone is 1. The Morgan fingerprint density at radius 3 is 2.72 bits per heavy atom. The van der Waals surface area contributed by atoms with Crippen LogP contribution in [0.15, 0.2) is 11.6 Å². The zero-order valence-corrected chi connectivity index (χ0v) is 11.3. The predicted molar refractivity (Wildman–Crippen MR) is 67.7 cm³/mol. The Balaban J connectivity index is 1.97. The number of hydrogen-bond acceptors (Lipinski definition) is 3. The second-order valence-electron chi connectivity index (χ2n) is 7.08. The van der Waals surface area contributed by atoms with E-state index in [-0.39, 0.29) is 11.9 Å². The molecule has 0 aromatic carbocycles. The molecule has 0 bridgehead atoms. The third-order valence-electron chi connectivity index (χ3n) is 5.12. The fraction of sp³-hybridized carbons (Fsp3) is 0.800. The van der Waals surface area contributed by atoms with Crippen LogP contribution in [0.25, 0.3) is 0 Å². The summed E-state index contributed by atoms with van der Waals surface area (Å²) in [6, 6.07) is 0. The zero-order valence-electron chi connectivity index (χ0n) is 11.3. The van der Waals surface area contributed by atoms with E-state index in [2.05, 4.69) is 26.8 Å². The van der Waals surface area contributed by atoms with Crippen LogP contribution in [0.2, 0.25) is 0 Å². The molecule has 3 nitrogen and oxygen atoms in total. The largest absolute Gasteiger partial charge is 0.462 e. The maximum Gasteiger partial charge on any atom is 0.334 e. The van der Waals surface area contributed by atoms with E-state index in [1.54, 1.807) is 0 Å². The van der Waals surface area contributed by atoms with Crippen molar-refractivity contribution in [3.05, 3.63) is 11.6 Å². The number of fused-ring (bicyclic) bond motifs is 2. The summed E-state index contributed by atoms with van der Waals surface area (Å²) in [5.74, 6) is 0.857. The standard InChI is InChI=1S/C15H22O3/c1-8-4-9-12(7-18-14(9)17)13(16)11-6-15(2,3)5-10(8)11/h4,8,10-13,16H,5-7H2,1-3H3. The summed E-state index contributed by atoms with van der Waals surface area (Å²) in [5.41, 5.74) is 1.03. The second-order valence-corrected chi connectivity index (χ2v) is 7.08. The van der Waals surface area contributed by atoms with Crippen LogP contribution in [0.5, 0.6) is 0 Å². The predicted octanol–water partition coefficient (Wildman–Crippen LogP) is 2.15. The molecule has 0 radical (unpaired) electrons. The first kappa shape index (κ1) is 12.2. The third-order valence-corrected chi connectivity index (χ3v) is 5.12. The van der Waals surface area contributed by atoms with Gasteiger partial charge in [0.2, 0.25) is 0 Å². The summed E-state index contributed by atoms with van der Waals surface area (Å²) in [4.78, 5) is 11.7. The van der Waals surface area contributed by atoms with Gasteiger partial charge in [0.25, 0.3) is 0 Å². The lowest BCUT2D eigenvalue weighted by Crippen LogP contribution is -2.32. The van der Waals surface area contributed by atoms with Gasteiger partial charge >= 0.3 is 5.97 Å². The van der Waals surface area contributed by atoms with Crippen LogP contribution in [-0.2, 0) is 9.53 Å². The molecule has 100 valence electrons. The average molecular weight is 250 g/mol. The van der Waals surface area contributed by atoms with Crippen LogP contribution in [0.4, 0.5) is 0 Å². The lowest BCUT2D eigenvalue weighted by molar-refractivity contribution is -0.135. The van der Waals surface area contributed by atoms with Gasteiger partial charge in [-0.3, -0.25) is 0 Å². The Kier molecular flexibility index (Phi) is 2.60. The first-order chi connectivity index (χ1) is 8.39. The van der Waals surface area contributed by atoms with E-state index in [1.807, 2.05) is 0 Å². The Hall–Kier alpha value is -0.830. The van der Waals surface area contributed by atoms with E-state index < -0.39 is 6.10 Å². The average Bonchev–Trinajstić information content (AvgIpc) is 2.77. The number of carbonyl (C=O) groups excluding carboxylic acids is 1. The van der Waals surface area contributed by atoms with E-state index in [9.17, 15) is 9.90 Å². The minimum Gasteiger partial charge on any atom is -0.462 e. The van der Waals surface area contributed by atoms with Crippen molar-refractivity contribution in [2.24, 2.45) is 29.1 Å². The van der Waals surface area contributed by atoms with Crippen molar-refractivity contribution in [2.45, 2.75) is 39.7 Å². The Morgan fingerprint density at radius 2 is 2.00 bits per heavy atom. The highest BCUT2D eigenvalue weighted by atomic mass is 16.5. The summed E-state index contributed by atoms with van der Waals surface area (Å²) >= 11 is 0. The SMILES string of the molecule is CC1C=C2C(=O)OCC2C(O)C2CC(C)(C)CC12. The van der Waals surface area contributed by atoms with Gasteiger partial charge in [-0.1, -0.05) is 26.8 Å². The fourth-order valence-electron chi connectivity index (χ4n) is 4.28. The molecule has 2 fully saturated rings. The van der Waals surface area contributed by atoms with E-state index >= 15 is 0 Å². The van der Waals surface area contributed by atoms with Gasteiger partial charge in [0.05, 0.1) is 12.0 Å². The summed E-state index contributed by atoms with van der Waals surface area (Å²) in [7, 11) is 0. The molecule has 0 aromatic rings. The molecule has 0 amide bonds. The van der Waals surface area contributed by atoms with Crippen LogP contribution >= 0.6 is 0 Å². The Labute approximate surface area is 108 Å². The number of ether oxygens (including phenoxy) is 1. The Morgan fingerprint density at radius 1 is 1.33 bits per heavy atom. The normalized spacial score (nSPS) is 45.9. The molecule has 3 rings (SSSR count). The molecule has 1 saturated heterocycles. The molecule has 1 saturated carbocycles. The van der Waals surface area contributed by atoms with Gasteiger partial charge in [-0.15, -0.1) is 0 Å². The van der Waals surface area contributed by atoms with Gasteiger partial charge in [-0.2, -0.15) is 0 Å². The highest BCUT2D eigenvalue weighted by molar-refractivity contribution is 5.91. The minimum absolute atomic E-state index is 0.0937. The van der Waals surface area contributed by atoms with E-state index in [4.69, 9.17) is 4.74 Å². The van der Waals surface area contributed by atoms with Gasteiger partial charge in [0.1, 0.15) is 6.61 Å². The molecule has 1 aliphatic heterocycles. The maximum atomic E-state index is 11.7. The number of rotatable bonds is 0. The van der Waals surface area contributed by atoms with Gasteiger partial charge in [0, 0.05) is 5.57 Å². The second kappa shape index (κ2) is 3.83. The summed E-state index contributed by atoms with van der Waals surface area (Å²) in [6.45, 7) is 7.10. The molecule has 3 heteroatoms. The molecule has 3 aliphatic rings. The van der Waals surface area contributed by atoms with E-state index in [0.29, 0.717) is 29.8 Å². The van der Waals surface area contributed by atoms with Crippen molar-refractivity contribution in [3.8, 4) is 0 Å². The molecule has 18 heavy (non-hydrogen) atoms. The molecule has 2 aliphatic carbocycles. The molecule has 5 unspecified atom stereocenters. The highest BCUT2D eigenvalue weighted by Gasteiger charge is 2.51. The topological polar surface area (TPSA) is 46.5 Å². The van der Waals surface area contributed by atoms with Crippen molar-refractivity contribution in [1.29, 1.82) is 0 Å². The first-order valence-corrected chi connectivity index (χ1v) is 6.96. The van der Waals surface area contributed by atoms with Crippen LogP contribution < -0.4 is 0 Å². The number of esters is 1. The van der Waals surface area contributed by atoms with Crippen molar-refractivity contribution in [2.75, 3.05) is 6.61 Å². The molecule has 1 N–H and O–H groups in total. The number of carbonyl (C=O) groups is 1. The van der Waals surface area contributed by atoms with Crippen molar-refractivity contribution in [1.82, 2.24) is 0 Å². The number of aliphatic hydroxyl groups excluding tert-OH is 1. The van der Waals surface area contributed by atoms with E-state index in [1.165, 1.54) is 0 Å². The van der Waals surface area contributed by atoms with Crippen LogP contribution in [-0.4, -0.2) is 23.8 Å². The van der Waals surface area contributed by atoms with Crippen molar-refractivity contribution >= 4 is 5.97 Å². The fourth-order valence-corrected chi connectivity index (χ4v) is 4.28. The summed E-state index contributed by atoms with van der Waals surface area (Å²) in [5, 5.41) is 10.6. The minimum atomic E-state index is -0.417. The van der Waals surface area contributed by atoms with Gasteiger partial charge in [-0.25, -0.2) is 4.79 Å². The Bertz CT molecular complexity index is 410. The summed E-state index contributed by atoms with van der Waals surface area (Å²) in [6.07, 6.45) is 3.84. The quantitative estimate of drug-likeness (QED) is 0.670. The molecule has 1 heterocycles. The summed E-state index contributed by atoms with van der Waals surface area (Å²) < 4.78 is 5.11. The van der Waals surface area contributed by atoms with Crippen molar-refractivity contribution < 1.29 is 14.6 Å². The molecule has 0 aromatic heterocycles.